The van der Waals surface area contributed by atoms with Crippen LogP contribution in [-0.2, 0) is 4.84 Å². The van der Waals surface area contributed by atoms with Crippen LogP contribution in [0.3, 0.4) is 0 Å². The van der Waals surface area contributed by atoms with Crippen LogP contribution in [0.1, 0.15) is 10.4 Å². The number of rotatable bonds is 6. The van der Waals surface area contributed by atoms with Crippen molar-refractivity contribution in [3.8, 4) is 17.2 Å². The predicted octanol–water partition coefficient (Wildman–Crippen LogP) is 2.71. The third-order valence-electron chi connectivity index (χ3n) is 4.94. The molecule has 30 heavy (non-hydrogen) atoms. The van der Waals surface area contributed by atoms with Crippen molar-refractivity contribution in [2.75, 3.05) is 47.4 Å². The fourth-order valence-electron chi connectivity index (χ4n) is 3.20. The van der Waals surface area contributed by atoms with Gasteiger partial charge in [-0.2, -0.15) is 0 Å². The highest BCUT2D eigenvalue weighted by Gasteiger charge is 2.21. The normalized spacial score (nSPS) is 10.7. The number of benzene rings is 2. The van der Waals surface area contributed by atoms with Gasteiger partial charge in [-0.1, -0.05) is 6.07 Å². The van der Waals surface area contributed by atoms with Crippen LogP contribution in [0, 0.1) is 0 Å². The number of hydroxylamine groups is 2. The van der Waals surface area contributed by atoms with Crippen LogP contribution < -0.4 is 19.9 Å². The molecule has 0 saturated heterocycles. The van der Waals surface area contributed by atoms with E-state index in [1.807, 2.05) is 43.3 Å². The lowest BCUT2D eigenvalue weighted by Crippen LogP contribution is -2.28. The number of amides is 1. The summed E-state index contributed by atoms with van der Waals surface area (Å²) in [6.07, 6.45) is 1.53. The number of aromatic nitrogens is 1. The molecule has 8 nitrogen and oxygen atoms in total. The van der Waals surface area contributed by atoms with Gasteiger partial charge < -0.3 is 14.4 Å². The molecule has 0 radical (unpaired) electrons. The minimum Gasteiger partial charge on any atom is -0.493 e. The van der Waals surface area contributed by atoms with E-state index in [0.717, 1.165) is 10.8 Å². The lowest BCUT2D eigenvalue weighted by Gasteiger charge is -2.19. The van der Waals surface area contributed by atoms with E-state index < -0.39 is 5.91 Å². The Morgan fingerprint density at radius 1 is 0.933 bits per heavy atom. The van der Waals surface area contributed by atoms with Crippen LogP contribution in [0.5, 0.6) is 11.5 Å². The Morgan fingerprint density at radius 3 is 2.13 bits per heavy atom. The second kappa shape index (κ2) is 8.46. The molecule has 0 unspecified atom stereocenters. The summed E-state index contributed by atoms with van der Waals surface area (Å²) in [5.41, 5.74) is 1.58. The van der Waals surface area contributed by atoms with Crippen LogP contribution in [-0.4, -0.2) is 58.0 Å². The molecule has 8 heteroatoms. The highest BCUT2D eigenvalue weighted by molar-refractivity contribution is 6.07. The predicted molar refractivity (Wildman–Crippen MR) is 116 cm³/mol. The minimum absolute atomic E-state index is 0.279. The number of carbonyl (C=O) groups excluding carboxylic acids is 1. The van der Waals surface area contributed by atoms with Crippen molar-refractivity contribution < 1.29 is 19.1 Å². The summed E-state index contributed by atoms with van der Waals surface area (Å²) in [7, 11) is 9.75. The van der Waals surface area contributed by atoms with Crippen LogP contribution in [0.15, 0.2) is 47.4 Å². The van der Waals surface area contributed by atoms with Crippen molar-refractivity contribution >= 4 is 22.4 Å². The summed E-state index contributed by atoms with van der Waals surface area (Å²) in [4.78, 5) is 33.4. The molecule has 0 aliphatic carbocycles. The quantitative estimate of drug-likeness (QED) is 0.581. The van der Waals surface area contributed by atoms with Gasteiger partial charge in [-0.25, -0.2) is 5.06 Å². The molecule has 1 heterocycles. The van der Waals surface area contributed by atoms with E-state index in [2.05, 4.69) is 0 Å². The van der Waals surface area contributed by atoms with Gasteiger partial charge in [-0.15, -0.1) is 0 Å². The summed E-state index contributed by atoms with van der Waals surface area (Å²) >= 11 is 0. The first kappa shape index (κ1) is 21.2. The molecule has 3 rings (SSSR count). The Bertz CT molecular complexity index is 1150. The van der Waals surface area contributed by atoms with Gasteiger partial charge in [0, 0.05) is 38.4 Å². The van der Waals surface area contributed by atoms with Crippen molar-refractivity contribution in [2.45, 2.75) is 0 Å². The first-order chi connectivity index (χ1) is 14.3. The number of fused-ring (bicyclic) bond motifs is 1. The number of hydrogen-bond acceptors (Lipinski definition) is 6. The average molecular weight is 411 g/mol. The molecule has 0 saturated carbocycles. The second-order valence-electron chi connectivity index (χ2n) is 6.87. The van der Waals surface area contributed by atoms with E-state index in [-0.39, 0.29) is 5.56 Å². The maximum atomic E-state index is 13.4. The molecule has 158 valence electrons. The van der Waals surface area contributed by atoms with Gasteiger partial charge >= 0.3 is 0 Å². The van der Waals surface area contributed by atoms with Crippen molar-refractivity contribution in [1.82, 2.24) is 9.63 Å². The molecule has 0 spiro atoms. The molecule has 1 aromatic heterocycles. The van der Waals surface area contributed by atoms with E-state index in [0.29, 0.717) is 33.5 Å². The molecule has 2 aromatic carbocycles. The molecule has 0 aliphatic heterocycles. The summed E-state index contributed by atoms with van der Waals surface area (Å²) in [6, 6.07) is 10.7. The molecule has 0 atom stereocenters. The van der Waals surface area contributed by atoms with Crippen LogP contribution in [0.4, 0.5) is 5.69 Å². The van der Waals surface area contributed by atoms with Crippen molar-refractivity contribution in [2.24, 2.45) is 0 Å². The molecule has 0 bridgehead atoms. The fourth-order valence-corrected chi connectivity index (χ4v) is 3.20. The lowest BCUT2D eigenvalue weighted by atomic mass is 10.0. The van der Waals surface area contributed by atoms with Gasteiger partial charge in [0.25, 0.3) is 11.5 Å². The second-order valence-corrected chi connectivity index (χ2v) is 6.87. The molecule has 0 fully saturated rings. The Labute approximate surface area is 174 Å². The molecule has 0 N–H and O–H groups in total. The summed E-state index contributed by atoms with van der Waals surface area (Å²) in [5, 5.41) is 1.89. The standard InChI is InChI=1S/C22H25N3O5/c1-23(2)14-8-7-9-15(10-14)25-13-18(21(26)24(3)30-6)16-11-19(28-4)20(29-5)12-17(16)22(25)27/h7-13H,1-6H3. The summed E-state index contributed by atoms with van der Waals surface area (Å²) in [6.45, 7) is 0. The number of hydrogen-bond donors (Lipinski definition) is 0. The van der Waals surface area contributed by atoms with Gasteiger partial charge in [0.1, 0.15) is 0 Å². The Morgan fingerprint density at radius 2 is 1.57 bits per heavy atom. The number of pyridine rings is 1. The van der Waals surface area contributed by atoms with E-state index in [1.54, 1.807) is 12.1 Å². The Hall–Kier alpha value is -3.52. The highest BCUT2D eigenvalue weighted by atomic mass is 16.7. The smallest absolute Gasteiger partial charge is 0.279 e. The largest absolute Gasteiger partial charge is 0.493 e. The molecule has 0 aliphatic rings. The van der Waals surface area contributed by atoms with Crippen molar-refractivity contribution in [1.29, 1.82) is 0 Å². The lowest BCUT2D eigenvalue weighted by molar-refractivity contribution is -0.0756. The molecule has 1 amide bonds. The molecular formula is C22H25N3O5. The number of carbonyl (C=O) groups is 1. The number of anilines is 1. The van der Waals surface area contributed by atoms with Crippen LogP contribution >= 0.6 is 0 Å². The summed E-state index contributed by atoms with van der Waals surface area (Å²) in [5.74, 6) is 0.429. The third kappa shape index (κ3) is 3.69. The van der Waals surface area contributed by atoms with E-state index in [9.17, 15) is 9.59 Å². The number of methoxy groups -OCH3 is 2. The average Bonchev–Trinajstić information content (AvgIpc) is 2.77. The minimum atomic E-state index is -0.396. The fraction of sp³-hybridized carbons (Fsp3) is 0.273. The Balaban J connectivity index is 2.39. The zero-order chi connectivity index (χ0) is 22.0. The first-order valence-electron chi connectivity index (χ1n) is 9.23. The van der Waals surface area contributed by atoms with Crippen molar-refractivity contribution in [3.05, 3.63) is 58.5 Å². The zero-order valence-corrected chi connectivity index (χ0v) is 17.9. The topological polar surface area (TPSA) is 73.2 Å². The highest BCUT2D eigenvalue weighted by Crippen LogP contribution is 2.33. The van der Waals surface area contributed by atoms with Gasteiger partial charge in [0.2, 0.25) is 0 Å². The first-order valence-corrected chi connectivity index (χ1v) is 9.23. The maximum Gasteiger partial charge on any atom is 0.279 e. The summed E-state index contributed by atoms with van der Waals surface area (Å²) < 4.78 is 12.2. The molecule has 3 aromatic rings. The van der Waals surface area contributed by atoms with Gasteiger partial charge in [0.15, 0.2) is 11.5 Å². The van der Waals surface area contributed by atoms with Gasteiger partial charge in [-0.3, -0.25) is 19.0 Å². The van der Waals surface area contributed by atoms with E-state index in [1.165, 1.54) is 39.1 Å². The maximum absolute atomic E-state index is 13.4. The van der Waals surface area contributed by atoms with Gasteiger partial charge in [0.05, 0.1) is 38.0 Å². The Kier molecular flexibility index (Phi) is 5.98. The van der Waals surface area contributed by atoms with Gasteiger partial charge in [-0.05, 0) is 30.3 Å². The van der Waals surface area contributed by atoms with Crippen LogP contribution in [0.25, 0.3) is 16.5 Å². The molecular weight excluding hydrogens is 386 g/mol. The third-order valence-corrected chi connectivity index (χ3v) is 4.94. The number of ether oxygens (including phenoxy) is 2. The van der Waals surface area contributed by atoms with E-state index >= 15 is 0 Å². The monoisotopic (exact) mass is 411 g/mol. The number of nitrogens with zero attached hydrogens (tertiary/aromatic N) is 3. The van der Waals surface area contributed by atoms with E-state index in [4.69, 9.17) is 14.3 Å². The van der Waals surface area contributed by atoms with Crippen LogP contribution in [0.2, 0.25) is 0 Å². The zero-order valence-electron chi connectivity index (χ0n) is 17.9. The SMILES string of the molecule is COc1cc2c(C(=O)N(C)OC)cn(-c3cccc(N(C)C)c3)c(=O)c2cc1OC. The van der Waals surface area contributed by atoms with Crippen molar-refractivity contribution in [3.63, 3.8) is 0 Å².